The Bertz CT molecular complexity index is 1160. The van der Waals surface area contributed by atoms with E-state index in [-0.39, 0.29) is 11.9 Å². The van der Waals surface area contributed by atoms with Gasteiger partial charge in [-0.25, -0.2) is 9.97 Å². The number of aromatic nitrogens is 5. The first-order valence-electron chi connectivity index (χ1n) is 11.4. The van der Waals surface area contributed by atoms with E-state index in [0.29, 0.717) is 22.7 Å². The van der Waals surface area contributed by atoms with Crippen LogP contribution in [0.15, 0.2) is 24.4 Å². The van der Waals surface area contributed by atoms with Gasteiger partial charge in [-0.2, -0.15) is 10.1 Å². The number of hydrogen-bond acceptors (Lipinski definition) is 7. The maximum Gasteiger partial charge on any atom is 0.247 e. The number of carbonyl (C=O) groups excluding carboxylic acids is 1. The zero-order valence-electron chi connectivity index (χ0n) is 18.7. The summed E-state index contributed by atoms with van der Waals surface area (Å²) in [5.41, 5.74) is 3.87. The quantitative estimate of drug-likeness (QED) is 0.466. The zero-order valence-corrected chi connectivity index (χ0v) is 19.5. The highest BCUT2D eigenvalue weighted by atomic mass is 35.5. The minimum absolute atomic E-state index is 0.0934. The molecule has 33 heavy (non-hydrogen) atoms. The van der Waals surface area contributed by atoms with E-state index in [4.69, 9.17) is 21.6 Å². The summed E-state index contributed by atoms with van der Waals surface area (Å²) < 4.78 is 0. The molecule has 9 nitrogen and oxygen atoms in total. The summed E-state index contributed by atoms with van der Waals surface area (Å²) in [5.74, 6) is 2.37. The fourth-order valence-electron chi connectivity index (χ4n) is 4.42. The van der Waals surface area contributed by atoms with Gasteiger partial charge >= 0.3 is 0 Å². The number of nitrogens with one attached hydrogen (secondary N) is 3. The SMILES string of the molecule is CC(C)c1cc(Nc2nc(N3CCC[C@H]3C(=O)Nc3ccc(Cl)nc3)nc3c2CCC3)n[nH]1. The number of halogens is 1. The molecule has 0 saturated carbocycles. The van der Waals surface area contributed by atoms with Crippen molar-refractivity contribution in [2.75, 3.05) is 22.1 Å². The van der Waals surface area contributed by atoms with E-state index < -0.39 is 0 Å². The molecule has 0 spiro atoms. The molecule has 1 atom stereocenters. The Balaban J connectivity index is 1.40. The Morgan fingerprint density at radius 3 is 2.88 bits per heavy atom. The van der Waals surface area contributed by atoms with Gasteiger partial charge in [0, 0.05) is 23.9 Å². The number of aryl methyl sites for hydroxylation is 1. The average Bonchev–Trinajstić information content (AvgIpc) is 3.55. The van der Waals surface area contributed by atoms with Crippen molar-refractivity contribution in [1.82, 2.24) is 25.1 Å². The summed E-state index contributed by atoms with van der Waals surface area (Å²) in [4.78, 5) is 28.8. The van der Waals surface area contributed by atoms with E-state index in [9.17, 15) is 4.79 Å². The normalized spacial score (nSPS) is 17.5. The third-order valence-electron chi connectivity index (χ3n) is 6.19. The average molecular weight is 467 g/mol. The van der Waals surface area contributed by atoms with Gasteiger partial charge in [-0.1, -0.05) is 25.4 Å². The van der Waals surface area contributed by atoms with Crippen molar-refractivity contribution >= 4 is 40.8 Å². The van der Waals surface area contributed by atoms with Gasteiger partial charge in [0.25, 0.3) is 0 Å². The molecule has 4 heterocycles. The van der Waals surface area contributed by atoms with Crippen LogP contribution in [0.3, 0.4) is 0 Å². The van der Waals surface area contributed by atoms with E-state index in [1.54, 1.807) is 18.3 Å². The number of carbonyl (C=O) groups is 1. The standard InChI is InChI=1S/C23H27ClN8O/c1-13(2)17-11-20(31-30-17)28-21-15-5-3-6-16(15)27-23(29-21)32-10-4-7-18(32)22(33)26-14-8-9-19(24)25-12-14/h8-9,11-13,18H,3-7,10H2,1-2H3,(H,26,33)(H2,27,28,29,30,31)/t18-/m0/s1. The van der Waals surface area contributed by atoms with Crippen molar-refractivity contribution in [2.45, 2.75) is 57.9 Å². The number of aromatic amines is 1. The second-order valence-corrected chi connectivity index (χ2v) is 9.24. The van der Waals surface area contributed by atoms with Gasteiger partial charge < -0.3 is 15.5 Å². The van der Waals surface area contributed by atoms with Gasteiger partial charge in [0.2, 0.25) is 11.9 Å². The van der Waals surface area contributed by atoms with E-state index in [1.165, 1.54) is 0 Å². The number of amides is 1. The largest absolute Gasteiger partial charge is 0.329 e. The number of pyridine rings is 1. The van der Waals surface area contributed by atoms with Crippen LogP contribution in [0.1, 0.15) is 56.0 Å². The van der Waals surface area contributed by atoms with Crippen molar-refractivity contribution in [2.24, 2.45) is 0 Å². The fourth-order valence-corrected chi connectivity index (χ4v) is 4.53. The molecule has 0 radical (unpaired) electrons. The van der Waals surface area contributed by atoms with Crippen LogP contribution in [0, 0.1) is 0 Å². The molecule has 1 fully saturated rings. The first kappa shape index (κ1) is 21.6. The summed E-state index contributed by atoms with van der Waals surface area (Å²) in [6.07, 6.45) is 6.10. The molecule has 3 aromatic heterocycles. The van der Waals surface area contributed by atoms with Gasteiger partial charge in [-0.15, -0.1) is 0 Å². The number of H-pyrrole nitrogens is 1. The molecular formula is C23H27ClN8O. The predicted octanol–water partition coefficient (Wildman–Crippen LogP) is 4.21. The lowest BCUT2D eigenvalue weighted by molar-refractivity contribution is -0.117. The first-order valence-corrected chi connectivity index (χ1v) is 11.8. The molecule has 1 saturated heterocycles. The van der Waals surface area contributed by atoms with Crippen molar-refractivity contribution in [1.29, 1.82) is 0 Å². The third kappa shape index (κ3) is 4.50. The third-order valence-corrected chi connectivity index (χ3v) is 6.42. The van der Waals surface area contributed by atoms with Crippen LogP contribution in [0.5, 0.6) is 0 Å². The van der Waals surface area contributed by atoms with Crippen LogP contribution in [-0.2, 0) is 17.6 Å². The van der Waals surface area contributed by atoms with Crippen LogP contribution in [-0.4, -0.2) is 43.6 Å². The number of anilines is 4. The number of rotatable bonds is 6. The molecule has 2 aliphatic rings. The van der Waals surface area contributed by atoms with Crippen molar-refractivity contribution < 1.29 is 4.79 Å². The molecule has 0 aromatic carbocycles. The summed E-state index contributed by atoms with van der Waals surface area (Å²) in [6, 6.07) is 5.08. The minimum atomic E-state index is -0.342. The van der Waals surface area contributed by atoms with Crippen LogP contribution in [0.2, 0.25) is 5.15 Å². The maximum atomic E-state index is 13.1. The number of hydrogen-bond donors (Lipinski definition) is 3. The monoisotopic (exact) mass is 466 g/mol. The molecule has 3 N–H and O–H groups in total. The Morgan fingerprint density at radius 1 is 1.24 bits per heavy atom. The summed E-state index contributed by atoms with van der Waals surface area (Å²) in [5, 5.41) is 14.2. The van der Waals surface area contributed by atoms with Gasteiger partial charge in [0.05, 0.1) is 17.6 Å². The highest BCUT2D eigenvalue weighted by molar-refractivity contribution is 6.29. The topological polar surface area (TPSA) is 112 Å². The molecule has 0 unspecified atom stereocenters. The molecule has 1 aliphatic heterocycles. The van der Waals surface area contributed by atoms with E-state index in [2.05, 4.69) is 39.7 Å². The van der Waals surface area contributed by atoms with Crippen molar-refractivity contribution in [3.05, 3.63) is 46.5 Å². The fraction of sp³-hybridized carbons (Fsp3) is 0.435. The molecule has 3 aromatic rings. The number of fused-ring (bicyclic) bond motifs is 1. The highest BCUT2D eigenvalue weighted by Gasteiger charge is 2.34. The summed E-state index contributed by atoms with van der Waals surface area (Å²) in [6.45, 7) is 4.97. The van der Waals surface area contributed by atoms with Crippen LogP contribution in [0.4, 0.5) is 23.3 Å². The molecule has 0 bridgehead atoms. The van der Waals surface area contributed by atoms with Gasteiger partial charge in [0.1, 0.15) is 17.0 Å². The Morgan fingerprint density at radius 2 is 2.12 bits per heavy atom. The smallest absolute Gasteiger partial charge is 0.247 e. The van der Waals surface area contributed by atoms with Gasteiger partial charge in [-0.3, -0.25) is 9.89 Å². The van der Waals surface area contributed by atoms with Crippen molar-refractivity contribution in [3.8, 4) is 0 Å². The maximum absolute atomic E-state index is 13.1. The Labute approximate surface area is 197 Å². The Hall–Kier alpha value is -3.20. The molecule has 1 aliphatic carbocycles. The number of nitrogens with zero attached hydrogens (tertiary/aromatic N) is 5. The van der Waals surface area contributed by atoms with Crippen molar-refractivity contribution in [3.63, 3.8) is 0 Å². The van der Waals surface area contributed by atoms with E-state index in [0.717, 1.165) is 67.2 Å². The molecule has 1 amide bonds. The van der Waals surface area contributed by atoms with Gasteiger partial charge in [0.15, 0.2) is 5.82 Å². The summed E-state index contributed by atoms with van der Waals surface area (Å²) >= 11 is 5.85. The van der Waals surface area contributed by atoms with Gasteiger partial charge in [-0.05, 0) is 50.2 Å². The molecule has 172 valence electrons. The lowest BCUT2D eigenvalue weighted by atomic mass is 10.1. The second-order valence-electron chi connectivity index (χ2n) is 8.85. The second kappa shape index (κ2) is 8.97. The van der Waals surface area contributed by atoms with Crippen LogP contribution >= 0.6 is 11.6 Å². The lowest BCUT2D eigenvalue weighted by Gasteiger charge is -2.25. The Kier molecular flexibility index (Phi) is 5.88. The van der Waals surface area contributed by atoms with Crippen LogP contribution < -0.4 is 15.5 Å². The predicted molar refractivity (Wildman–Crippen MR) is 128 cm³/mol. The van der Waals surface area contributed by atoms with E-state index >= 15 is 0 Å². The first-order chi connectivity index (χ1) is 16.0. The van der Waals surface area contributed by atoms with E-state index in [1.807, 2.05) is 11.0 Å². The summed E-state index contributed by atoms with van der Waals surface area (Å²) in [7, 11) is 0. The zero-order chi connectivity index (χ0) is 22.9. The molecular weight excluding hydrogens is 440 g/mol. The minimum Gasteiger partial charge on any atom is -0.329 e. The highest BCUT2D eigenvalue weighted by Crippen LogP contribution is 2.33. The lowest BCUT2D eigenvalue weighted by Crippen LogP contribution is -2.40. The molecule has 10 heteroatoms. The van der Waals surface area contributed by atoms with Crippen LogP contribution in [0.25, 0.3) is 0 Å². The molecule has 5 rings (SSSR count).